The van der Waals surface area contributed by atoms with E-state index in [1.54, 1.807) is 0 Å². The number of likely N-dealkylation sites (tertiary alicyclic amines) is 1. The molecule has 1 aromatic rings. The molecule has 6 nitrogen and oxygen atoms in total. The summed E-state index contributed by atoms with van der Waals surface area (Å²) >= 11 is 0. The van der Waals surface area contributed by atoms with Crippen molar-refractivity contribution in [1.29, 1.82) is 0 Å². The molecule has 6 heteroatoms. The van der Waals surface area contributed by atoms with Gasteiger partial charge in [0.1, 0.15) is 6.04 Å². The molecule has 1 aliphatic rings. The Bertz CT molecular complexity index is 493. The molecule has 2 unspecified atom stereocenters. The lowest BCUT2D eigenvalue weighted by Crippen LogP contribution is -2.46. The van der Waals surface area contributed by atoms with Crippen molar-refractivity contribution in [1.82, 2.24) is 15.0 Å². The highest BCUT2D eigenvalue weighted by molar-refractivity contribution is 5.73. The smallest absolute Gasteiger partial charge is 0.320 e. The maximum Gasteiger partial charge on any atom is 0.320 e. The number of piperidine rings is 1. The van der Waals surface area contributed by atoms with Crippen LogP contribution in [0.25, 0.3) is 0 Å². The Labute approximate surface area is 125 Å². The zero-order chi connectivity index (χ0) is 15.6. The monoisotopic (exact) mass is 295 g/mol. The van der Waals surface area contributed by atoms with Crippen molar-refractivity contribution in [3.05, 3.63) is 11.7 Å². The van der Waals surface area contributed by atoms with Gasteiger partial charge in [0.2, 0.25) is 5.89 Å². The van der Waals surface area contributed by atoms with E-state index in [0.29, 0.717) is 30.6 Å². The molecule has 0 aliphatic carbocycles. The van der Waals surface area contributed by atoms with Crippen molar-refractivity contribution >= 4 is 5.97 Å². The van der Waals surface area contributed by atoms with Crippen molar-refractivity contribution in [2.24, 2.45) is 5.92 Å². The number of carboxylic acid groups (broad SMARTS) is 1. The molecule has 1 saturated heterocycles. The summed E-state index contributed by atoms with van der Waals surface area (Å²) in [5.74, 6) is 0.896. The summed E-state index contributed by atoms with van der Waals surface area (Å²) in [4.78, 5) is 17.8. The molecule has 0 amide bonds. The molecule has 1 aliphatic heterocycles. The Kier molecular flexibility index (Phi) is 4.66. The highest BCUT2D eigenvalue weighted by atomic mass is 16.5. The highest BCUT2D eigenvalue weighted by Crippen LogP contribution is 2.27. The molecule has 0 bridgehead atoms. The first-order valence-corrected chi connectivity index (χ1v) is 7.61. The standard InChI is InChI=1S/C15H25N3O3/c1-5-10-6-7-18(11(8-10)13(19)20)9-12-16-14(17-21-12)15(2,3)4/h10-11H,5-9H2,1-4H3,(H,19,20). The minimum Gasteiger partial charge on any atom is -0.480 e. The average molecular weight is 295 g/mol. The zero-order valence-electron chi connectivity index (χ0n) is 13.3. The Balaban J connectivity index is 2.07. The van der Waals surface area contributed by atoms with Crippen molar-refractivity contribution in [2.75, 3.05) is 6.54 Å². The summed E-state index contributed by atoms with van der Waals surface area (Å²) < 4.78 is 5.28. The quantitative estimate of drug-likeness (QED) is 0.919. The lowest BCUT2D eigenvalue weighted by atomic mass is 9.89. The zero-order valence-corrected chi connectivity index (χ0v) is 13.3. The second-order valence-corrected chi connectivity index (χ2v) is 6.88. The van der Waals surface area contributed by atoms with Crippen LogP contribution in [0.15, 0.2) is 4.52 Å². The second-order valence-electron chi connectivity index (χ2n) is 6.88. The fourth-order valence-corrected chi connectivity index (χ4v) is 2.70. The summed E-state index contributed by atoms with van der Waals surface area (Å²) in [7, 11) is 0. The molecule has 1 aromatic heterocycles. The third-order valence-corrected chi connectivity index (χ3v) is 4.16. The van der Waals surface area contributed by atoms with E-state index in [2.05, 4.69) is 17.1 Å². The van der Waals surface area contributed by atoms with Crippen LogP contribution >= 0.6 is 0 Å². The van der Waals surface area contributed by atoms with Gasteiger partial charge in [-0.05, 0) is 25.3 Å². The average Bonchev–Trinajstić information content (AvgIpc) is 2.87. The molecule has 2 atom stereocenters. The van der Waals surface area contributed by atoms with Gasteiger partial charge < -0.3 is 9.63 Å². The summed E-state index contributed by atoms with van der Waals surface area (Å²) in [6.45, 7) is 9.36. The van der Waals surface area contributed by atoms with Crippen LogP contribution in [-0.4, -0.2) is 38.7 Å². The molecule has 21 heavy (non-hydrogen) atoms. The van der Waals surface area contributed by atoms with Gasteiger partial charge in [0, 0.05) is 5.41 Å². The van der Waals surface area contributed by atoms with E-state index in [-0.39, 0.29) is 5.41 Å². The molecule has 1 fully saturated rings. The van der Waals surface area contributed by atoms with Crippen molar-refractivity contribution in [3.8, 4) is 0 Å². The van der Waals surface area contributed by atoms with Crippen molar-refractivity contribution in [2.45, 2.75) is 65.0 Å². The molecular weight excluding hydrogens is 270 g/mol. The molecule has 0 saturated carbocycles. The number of carboxylic acids is 1. The second kappa shape index (κ2) is 6.13. The molecule has 0 spiro atoms. The summed E-state index contributed by atoms with van der Waals surface area (Å²) in [5.41, 5.74) is -0.164. The minimum atomic E-state index is -0.760. The Morgan fingerprint density at radius 2 is 2.19 bits per heavy atom. The van der Waals surface area contributed by atoms with E-state index in [0.717, 1.165) is 19.4 Å². The summed E-state index contributed by atoms with van der Waals surface area (Å²) in [6, 6.07) is -0.450. The van der Waals surface area contributed by atoms with Crippen molar-refractivity contribution < 1.29 is 14.4 Å². The number of nitrogens with zero attached hydrogens (tertiary/aromatic N) is 3. The third-order valence-electron chi connectivity index (χ3n) is 4.16. The van der Waals surface area contributed by atoms with Gasteiger partial charge in [0.15, 0.2) is 5.82 Å². The highest BCUT2D eigenvalue weighted by Gasteiger charge is 2.34. The fraction of sp³-hybridized carbons (Fsp3) is 0.800. The number of hydrogen-bond acceptors (Lipinski definition) is 5. The van der Waals surface area contributed by atoms with Crippen LogP contribution in [0.2, 0.25) is 0 Å². The number of aliphatic carboxylic acids is 1. The van der Waals surface area contributed by atoms with Crippen LogP contribution in [0, 0.1) is 5.92 Å². The molecule has 1 N–H and O–H groups in total. The van der Waals surface area contributed by atoms with Crippen LogP contribution in [0.4, 0.5) is 0 Å². The fourth-order valence-electron chi connectivity index (χ4n) is 2.70. The molecule has 0 aromatic carbocycles. The van der Waals surface area contributed by atoms with E-state index >= 15 is 0 Å². The third kappa shape index (κ3) is 3.81. The first kappa shape index (κ1) is 15.9. The van der Waals surface area contributed by atoms with Crippen molar-refractivity contribution in [3.63, 3.8) is 0 Å². The van der Waals surface area contributed by atoms with Crippen LogP contribution in [0.3, 0.4) is 0 Å². The van der Waals surface area contributed by atoms with Crippen LogP contribution in [0.1, 0.15) is 58.7 Å². The normalized spacial score (nSPS) is 24.2. The number of rotatable bonds is 4. The molecule has 0 radical (unpaired) electrons. The maximum absolute atomic E-state index is 11.5. The van der Waals surface area contributed by atoms with E-state index < -0.39 is 12.0 Å². The number of aromatic nitrogens is 2. The number of carbonyl (C=O) groups is 1. The SMILES string of the molecule is CCC1CCN(Cc2nc(C(C)(C)C)no2)C(C(=O)O)C1. The van der Waals surface area contributed by atoms with Crippen LogP contribution < -0.4 is 0 Å². The van der Waals surface area contributed by atoms with Gasteiger partial charge in [0.05, 0.1) is 6.54 Å². The van der Waals surface area contributed by atoms with E-state index in [4.69, 9.17) is 4.52 Å². The van der Waals surface area contributed by atoms with Gasteiger partial charge in [-0.15, -0.1) is 0 Å². The summed E-state index contributed by atoms with van der Waals surface area (Å²) in [5, 5.41) is 13.4. The maximum atomic E-state index is 11.5. The predicted octanol–water partition coefficient (Wildman–Crippen LogP) is 2.44. The van der Waals surface area contributed by atoms with Gasteiger partial charge in [-0.25, -0.2) is 0 Å². The van der Waals surface area contributed by atoms with E-state index in [1.807, 2.05) is 25.7 Å². The first-order chi connectivity index (χ1) is 9.81. The Morgan fingerprint density at radius 1 is 1.48 bits per heavy atom. The molecule has 2 heterocycles. The number of hydrogen-bond donors (Lipinski definition) is 1. The topological polar surface area (TPSA) is 79.5 Å². The molecule has 118 valence electrons. The van der Waals surface area contributed by atoms with E-state index in [9.17, 15) is 9.90 Å². The van der Waals surface area contributed by atoms with Crippen LogP contribution in [-0.2, 0) is 16.8 Å². The molecule has 2 rings (SSSR count). The Morgan fingerprint density at radius 3 is 2.71 bits per heavy atom. The van der Waals surface area contributed by atoms with E-state index in [1.165, 1.54) is 0 Å². The summed E-state index contributed by atoms with van der Waals surface area (Å²) in [6.07, 6.45) is 2.76. The first-order valence-electron chi connectivity index (χ1n) is 7.61. The van der Waals surface area contributed by atoms with Gasteiger partial charge in [-0.1, -0.05) is 39.3 Å². The lowest BCUT2D eigenvalue weighted by Gasteiger charge is -2.35. The minimum absolute atomic E-state index is 0.164. The van der Waals surface area contributed by atoms with Gasteiger partial charge in [0.25, 0.3) is 0 Å². The molecular formula is C15H25N3O3. The van der Waals surface area contributed by atoms with Gasteiger partial charge in [-0.3, -0.25) is 9.69 Å². The predicted molar refractivity (Wildman–Crippen MR) is 77.8 cm³/mol. The van der Waals surface area contributed by atoms with Gasteiger partial charge in [-0.2, -0.15) is 4.98 Å². The van der Waals surface area contributed by atoms with Gasteiger partial charge >= 0.3 is 5.97 Å². The largest absolute Gasteiger partial charge is 0.480 e. The Hall–Kier alpha value is -1.43. The lowest BCUT2D eigenvalue weighted by molar-refractivity contribution is -0.146. The van der Waals surface area contributed by atoms with Crippen LogP contribution in [0.5, 0.6) is 0 Å².